The summed E-state index contributed by atoms with van der Waals surface area (Å²) in [7, 11) is 1.60. The minimum atomic E-state index is -0.360. The van der Waals surface area contributed by atoms with Gasteiger partial charge >= 0.3 is 0 Å². The van der Waals surface area contributed by atoms with Crippen molar-refractivity contribution in [1.29, 1.82) is 0 Å². The quantitative estimate of drug-likeness (QED) is 0.360. The van der Waals surface area contributed by atoms with E-state index in [0.717, 1.165) is 22.4 Å². The fourth-order valence-electron chi connectivity index (χ4n) is 3.37. The first kappa shape index (κ1) is 21.1. The molecular weight excluding hydrogens is 432 g/mol. The summed E-state index contributed by atoms with van der Waals surface area (Å²) in [6.45, 7) is 0. The molecular formula is C26H20N4O4. The average molecular weight is 452 g/mol. The number of rotatable bonds is 7. The van der Waals surface area contributed by atoms with E-state index in [4.69, 9.17) is 13.7 Å². The van der Waals surface area contributed by atoms with Crippen molar-refractivity contribution in [2.75, 3.05) is 12.4 Å². The fourth-order valence-corrected chi connectivity index (χ4v) is 3.37. The van der Waals surface area contributed by atoms with Gasteiger partial charge in [0.25, 0.3) is 5.91 Å². The van der Waals surface area contributed by atoms with Gasteiger partial charge < -0.3 is 19.0 Å². The molecule has 0 unspecified atom stereocenters. The number of aromatic nitrogens is 3. The highest BCUT2D eigenvalue weighted by Gasteiger charge is 2.15. The first-order valence-corrected chi connectivity index (χ1v) is 10.6. The number of methoxy groups -OCH3 is 1. The van der Waals surface area contributed by atoms with Gasteiger partial charge in [0, 0.05) is 22.9 Å². The summed E-state index contributed by atoms with van der Waals surface area (Å²) >= 11 is 0. The third kappa shape index (κ3) is 4.71. The third-order valence-corrected chi connectivity index (χ3v) is 5.17. The number of anilines is 1. The van der Waals surface area contributed by atoms with Gasteiger partial charge in [0.1, 0.15) is 5.75 Å². The van der Waals surface area contributed by atoms with Crippen molar-refractivity contribution < 1.29 is 18.5 Å². The van der Waals surface area contributed by atoms with Gasteiger partial charge in [-0.1, -0.05) is 35.5 Å². The van der Waals surface area contributed by atoms with Crippen molar-refractivity contribution in [2.24, 2.45) is 0 Å². The van der Waals surface area contributed by atoms with E-state index in [1.807, 2.05) is 78.9 Å². The maximum atomic E-state index is 12.6. The van der Waals surface area contributed by atoms with Crippen LogP contribution in [0, 0.1) is 0 Å². The van der Waals surface area contributed by atoms with Gasteiger partial charge in [-0.3, -0.25) is 4.79 Å². The summed E-state index contributed by atoms with van der Waals surface area (Å²) in [5, 5.41) is 14.9. The summed E-state index contributed by atoms with van der Waals surface area (Å²) in [5.41, 5.74) is 3.48. The van der Waals surface area contributed by atoms with Gasteiger partial charge in [-0.25, -0.2) is 0 Å². The molecule has 5 rings (SSSR count). The number of benzene rings is 3. The van der Waals surface area contributed by atoms with E-state index in [2.05, 4.69) is 20.7 Å². The van der Waals surface area contributed by atoms with Gasteiger partial charge in [-0.05, 0) is 54.1 Å². The highest BCUT2D eigenvalue weighted by atomic mass is 16.5. The molecule has 2 aromatic heterocycles. The van der Waals surface area contributed by atoms with E-state index >= 15 is 0 Å². The first-order chi connectivity index (χ1) is 16.7. The predicted molar refractivity (Wildman–Crippen MR) is 125 cm³/mol. The highest BCUT2D eigenvalue weighted by molar-refractivity contribution is 6.03. The number of ether oxygens (including phenoxy) is 1. The van der Waals surface area contributed by atoms with Crippen LogP contribution in [0.3, 0.4) is 0 Å². The molecule has 0 fully saturated rings. The maximum absolute atomic E-state index is 12.6. The maximum Gasteiger partial charge on any atom is 0.277 e. The number of carbonyl (C=O) groups is 1. The van der Waals surface area contributed by atoms with Gasteiger partial charge in [0.05, 0.1) is 13.5 Å². The molecule has 8 nitrogen and oxygen atoms in total. The van der Waals surface area contributed by atoms with Crippen LogP contribution in [0.5, 0.6) is 5.75 Å². The van der Waals surface area contributed by atoms with Crippen molar-refractivity contribution in [2.45, 2.75) is 6.42 Å². The summed E-state index contributed by atoms with van der Waals surface area (Å²) in [6, 6.07) is 25.9. The standard InChI is InChI=1S/C26H20N4O4/c1-32-21-13-9-18(10-14-21)23-16-22(30-34-23)25(31)27-20-11-7-17(8-12-20)15-24-28-29-26(33-24)19-5-3-2-4-6-19/h2-14,16H,15H2,1H3,(H,27,31). The Labute approximate surface area is 195 Å². The predicted octanol–water partition coefficient (Wildman–Crippen LogP) is 5.24. The van der Waals surface area contributed by atoms with Gasteiger partial charge in [-0.2, -0.15) is 0 Å². The number of hydrogen-bond acceptors (Lipinski definition) is 7. The third-order valence-electron chi connectivity index (χ3n) is 5.17. The Morgan fingerprint density at radius 2 is 1.68 bits per heavy atom. The van der Waals surface area contributed by atoms with Crippen molar-refractivity contribution in [3.8, 4) is 28.5 Å². The van der Waals surface area contributed by atoms with E-state index in [1.54, 1.807) is 13.2 Å². The normalized spacial score (nSPS) is 10.7. The molecule has 0 bridgehead atoms. The lowest BCUT2D eigenvalue weighted by molar-refractivity contribution is 0.101. The SMILES string of the molecule is COc1ccc(-c2cc(C(=O)Nc3ccc(Cc4nnc(-c5ccccc5)o4)cc3)no2)cc1. The molecule has 168 valence electrons. The zero-order valence-electron chi connectivity index (χ0n) is 18.3. The van der Waals surface area contributed by atoms with E-state index < -0.39 is 0 Å². The van der Waals surface area contributed by atoms with Crippen LogP contribution >= 0.6 is 0 Å². The zero-order chi connectivity index (χ0) is 23.3. The lowest BCUT2D eigenvalue weighted by Crippen LogP contribution is -2.12. The molecule has 5 aromatic rings. The Morgan fingerprint density at radius 3 is 2.41 bits per heavy atom. The van der Waals surface area contributed by atoms with Crippen LogP contribution in [0.4, 0.5) is 5.69 Å². The Kier molecular flexibility index (Phi) is 5.85. The topological polar surface area (TPSA) is 103 Å². The second kappa shape index (κ2) is 9.41. The second-order valence-corrected chi connectivity index (χ2v) is 7.50. The van der Waals surface area contributed by atoms with Gasteiger partial charge in [0.15, 0.2) is 11.5 Å². The summed E-state index contributed by atoms with van der Waals surface area (Å²) in [6.07, 6.45) is 0.489. The van der Waals surface area contributed by atoms with E-state index in [9.17, 15) is 4.79 Å². The van der Waals surface area contributed by atoms with Crippen molar-refractivity contribution in [3.05, 3.63) is 102 Å². The Balaban J connectivity index is 1.21. The number of nitrogens with zero attached hydrogens (tertiary/aromatic N) is 3. The Morgan fingerprint density at radius 1 is 0.912 bits per heavy atom. The number of nitrogens with one attached hydrogen (secondary N) is 1. The van der Waals surface area contributed by atoms with Gasteiger partial charge in [-0.15, -0.1) is 10.2 Å². The number of hydrogen-bond donors (Lipinski definition) is 1. The van der Waals surface area contributed by atoms with Crippen molar-refractivity contribution in [1.82, 2.24) is 15.4 Å². The van der Waals surface area contributed by atoms with E-state index in [1.165, 1.54) is 0 Å². The van der Waals surface area contributed by atoms with Crippen LogP contribution in [0.15, 0.2) is 93.9 Å². The molecule has 0 radical (unpaired) electrons. The molecule has 1 N–H and O–H groups in total. The summed E-state index contributed by atoms with van der Waals surface area (Å²) in [4.78, 5) is 12.6. The van der Waals surface area contributed by atoms with Crippen LogP contribution in [-0.4, -0.2) is 28.4 Å². The second-order valence-electron chi connectivity index (χ2n) is 7.50. The molecule has 0 aliphatic heterocycles. The minimum absolute atomic E-state index is 0.189. The summed E-state index contributed by atoms with van der Waals surface area (Å²) < 4.78 is 16.2. The molecule has 0 aliphatic rings. The fraction of sp³-hybridized carbons (Fsp3) is 0.0769. The monoisotopic (exact) mass is 452 g/mol. The molecule has 3 aromatic carbocycles. The smallest absolute Gasteiger partial charge is 0.277 e. The van der Waals surface area contributed by atoms with Crippen LogP contribution in [0.2, 0.25) is 0 Å². The van der Waals surface area contributed by atoms with Crippen LogP contribution in [0.25, 0.3) is 22.8 Å². The molecule has 0 aliphatic carbocycles. The largest absolute Gasteiger partial charge is 0.497 e. The van der Waals surface area contributed by atoms with E-state index in [0.29, 0.717) is 29.6 Å². The Bertz CT molecular complexity index is 1390. The van der Waals surface area contributed by atoms with Crippen molar-refractivity contribution >= 4 is 11.6 Å². The van der Waals surface area contributed by atoms with Crippen LogP contribution < -0.4 is 10.1 Å². The summed E-state index contributed by atoms with van der Waals surface area (Å²) in [5.74, 6) is 1.88. The van der Waals surface area contributed by atoms with Crippen molar-refractivity contribution in [3.63, 3.8) is 0 Å². The number of carbonyl (C=O) groups excluding carboxylic acids is 1. The minimum Gasteiger partial charge on any atom is -0.497 e. The molecule has 0 saturated carbocycles. The van der Waals surface area contributed by atoms with Crippen LogP contribution in [0.1, 0.15) is 21.9 Å². The molecule has 2 heterocycles. The van der Waals surface area contributed by atoms with E-state index in [-0.39, 0.29) is 11.6 Å². The molecule has 1 amide bonds. The van der Waals surface area contributed by atoms with Gasteiger partial charge in [0.2, 0.25) is 11.8 Å². The first-order valence-electron chi connectivity index (χ1n) is 10.6. The molecule has 34 heavy (non-hydrogen) atoms. The molecule has 0 atom stereocenters. The zero-order valence-corrected chi connectivity index (χ0v) is 18.3. The average Bonchev–Trinajstić information content (AvgIpc) is 3.56. The molecule has 0 spiro atoms. The molecule has 0 saturated heterocycles. The lowest BCUT2D eigenvalue weighted by atomic mass is 10.1. The Hall–Kier alpha value is -4.72. The molecule has 8 heteroatoms. The highest BCUT2D eigenvalue weighted by Crippen LogP contribution is 2.24. The number of amides is 1. The van der Waals surface area contributed by atoms with Crippen LogP contribution in [-0.2, 0) is 6.42 Å². The lowest BCUT2D eigenvalue weighted by Gasteiger charge is -2.04.